The fourth-order valence-electron chi connectivity index (χ4n) is 3.66. The van der Waals surface area contributed by atoms with Gasteiger partial charge in [0.15, 0.2) is 0 Å². The van der Waals surface area contributed by atoms with Gasteiger partial charge >= 0.3 is 0 Å². The summed E-state index contributed by atoms with van der Waals surface area (Å²) in [6.07, 6.45) is -0.119. The second-order valence-corrected chi connectivity index (χ2v) is 6.83. The molecule has 134 valence electrons. The van der Waals surface area contributed by atoms with Gasteiger partial charge in [-0.05, 0) is 25.2 Å². The lowest BCUT2D eigenvalue weighted by molar-refractivity contribution is -0.148. The lowest BCUT2D eigenvalue weighted by Crippen LogP contribution is -2.63. The van der Waals surface area contributed by atoms with Crippen LogP contribution in [-0.4, -0.2) is 93.3 Å². The van der Waals surface area contributed by atoms with Crippen molar-refractivity contribution < 1.29 is 25.2 Å². The number of β-amino-alcohol motifs (C(OH)–C–C–N with tert-alkyl or cyclic N) is 1. The summed E-state index contributed by atoms with van der Waals surface area (Å²) in [7, 11) is 0. The number of piperidine rings is 2. The molecule has 2 aliphatic rings. The van der Waals surface area contributed by atoms with Crippen LogP contribution in [0.5, 0.6) is 0 Å². The molecule has 2 heterocycles. The number of nitrogens with zero attached hydrogens (tertiary/aromatic N) is 2. The standard InChI is InChI=1S/C16H30N2O5/c1-2-3-14(21)17-6-4-11(5-7-17)8-18-9-13(20)16(23)15(22)12(18)10-19/h11-13,15-16,19-20,22-23H,2-10H2,1H3/t12-,13+,15-,16-/m1/s1. The smallest absolute Gasteiger partial charge is 0.222 e. The van der Waals surface area contributed by atoms with E-state index in [9.17, 15) is 25.2 Å². The van der Waals surface area contributed by atoms with Crippen LogP contribution in [0.1, 0.15) is 32.6 Å². The summed E-state index contributed by atoms with van der Waals surface area (Å²) in [4.78, 5) is 15.7. The number of amides is 1. The second kappa shape index (κ2) is 8.39. The van der Waals surface area contributed by atoms with E-state index in [2.05, 4.69) is 0 Å². The first-order valence-corrected chi connectivity index (χ1v) is 8.64. The molecule has 0 aliphatic carbocycles. The number of carbonyl (C=O) groups is 1. The van der Waals surface area contributed by atoms with Gasteiger partial charge in [0.2, 0.25) is 5.91 Å². The summed E-state index contributed by atoms with van der Waals surface area (Å²) in [5, 5.41) is 39.1. The Morgan fingerprint density at radius 3 is 2.35 bits per heavy atom. The lowest BCUT2D eigenvalue weighted by Gasteiger charge is -2.45. The van der Waals surface area contributed by atoms with Crippen molar-refractivity contribution in [2.24, 2.45) is 5.92 Å². The minimum atomic E-state index is -1.21. The Morgan fingerprint density at radius 1 is 1.13 bits per heavy atom. The molecule has 4 atom stereocenters. The molecule has 7 nitrogen and oxygen atoms in total. The molecule has 2 saturated heterocycles. The molecule has 0 bridgehead atoms. The van der Waals surface area contributed by atoms with Crippen LogP contribution in [-0.2, 0) is 4.79 Å². The topological polar surface area (TPSA) is 104 Å². The molecule has 2 fully saturated rings. The van der Waals surface area contributed by atoms with Gasteiger partial charge in [-0.2, -0.15) is 0 Å². The molecule has 0 saturated carbocycles. The van der Waals surface area contributed by atoms with Crippen molar-refractivity contribution in [3.63, 3.8) is 0 Å². The van der Waals surface area contributed by atoms with Crippen LogP contribution >= 0.6 is 0 Å². The minimum absolute atomic E-state index is 0.214. The van der Waals surface area contributed by atoms with Gasteiger partial charge in [0, 0.05) is 32.6 Å². The van der Waals surface area contributed by atoms with E-state index in [0.717, 1.165) is 32.4 Å². The average Bonchev–Trinajstić information content (AvgIpc) is 2.54. The third-order valence-corrected chi connectivity index (χ3v) is 5.14. The molecule has 4 N–H and O–H groups in total. The molecule has 23 heavy (non-hydrogen) atoms. The van der Waals surface area contributed by atoms with Crippen LogP contribution in [0.3, 0.4) is 0 Å². The predicted octanol–water partition coefficient (Wildman–Crippen LogP) is -1.22. The van der Waals surface area contributed by atoms with Crippen LogP contribution in [0.2, 0.25) is 0 Å². The first kappa shape index (κ1) is 18.6. The normalized spacial score (nSPS) is 33.9. The largest absolute Gasteiger partial charge is 0.395 e. The maximum atomic E-state index is 11.9. The van der Waals surface area contributed by atoms with E-state index in [-0.39, 0.29) is 19.1 Å². The van der Waals surface area contributed by atoms with E-state index in [4.69, 9.17) is 0 Å². The molecule has 7 heteroatoms. The van der Waals surface area contributed by atoms with Crippen LogP contribution in [0.15, 0.2) is 0 Å². The summed E-state index contributed by atoms with van der Waals surface area (Å²) in [5.74, 6) is 0.579. The molecule has 2 rings (SSSR count). The fourth-order valence-corrected chi connectivity index (χ4v) is 3.66. The summed E-state index contributed by atoms with van der Waals surface area (Å²) in [6.45, 7) is 4.14. The number of hydrogen-bond donors (Lipinski definition) is 4. The summed E-state index contributed by atoms with van der Waals surface area (Å²) in [5.41, 5.74) is 0. The quantitative estimate of drug-likeness (QED) is 0.504. The molecule has 1 amide bonds. The number of likely N-dealkylation sites (tertiary alicyclic amines) is 2. The Hall–Kier alpha value is -0.730. The van der Waals surface area contributed by atoms with Crippen LogP contribution in [0.4, 0.5) is 0 Å². The van der Waals surface area contributed by atoms with Crippen molar-refractivity contribution in [3.05, 3.63) is 0 Å². The third kappa shape index (κ3) is 4.42. The van der Waals surface area contributed by atoms with Crippen molar-refractivity contribution in [3.8, 4) is 0 Å². The summed E-state index contributed by atoms with van der Waals surface area (Å²) < 4.78 is 0. The van der Waals surface area contributed by atoms with E-state index >= 15 is 0 Å². The van der Waals surface area contributed by atoms with Gasteiger partial charge in [-0.3, -0.25) is 9.69 Å². The first-order chi connectivity index (χ1) is 11.0. The highest BCUT2D eigenvalue weighted by molar-refractivity contribution is 5.76. The van der Waals surface area contributed by atoms with Gasteiger partial charge in [-0.15, -0.1) is 0 Å². The van der Waals surface area contributed by atoms with Crippen molar-refractivity contribution in [2.45, 2.75) is 57.0 Å². The zero-order chi connectivity index (χ0) is 17.0. The van der Waals surface area contributed by atoms with Gasteiger partial charge in [0.05, 0.1) is 18.8 Å². The Morgan fingerprint density at radius 2 is 1.78 bits per heavy atom. The fraction of sp³-hybridized carbons (Fsp3) is 0.938. The minimum Gasteiger partial charge on any atom is -0.395 e. The molecule has 0 unspecified atom stereocenters. The molecular weight excluding hydrogens is 300 g/mol. The van der Waals surface area contributed by atoms with Crippen molar-refractivity contribution in [2.75, 3.05) is 32.8 Å². The molecule has 2 aliphatic heterocycles. The number of rotatable bonds is 5. The van der Waals surface area contributed by atoms with Gasteiger partial charge in [-0.1, -0.05) is 6.92 Å². The number of hydrogen-bond acceptors (Lipinski definition) is 6. The summed E-state index contributed by atoms with van der Waals surface area (Å²) >= 11 is 0. The Balaban J connectivity index is 1.86. The molecular formula is C16H30N2O5. The van der Waals surface area contributed by atoms with Gasteiger partial charge in [0.1, 0.15) is 12.2 Å². The SMILES string of the molecule is CCCC(=O)N1CCC(CN2C[C@H](O)[C@@H](O)[C@H](O)[C@H]2CO)CC1. The van der Waals surface area contributed by atoms with Crippen LogP contribution in [0, 0.1) is 5.92 Å². The Labute approximate surface area is 137 Å². The Bertz CT molecular complexity index is 387. The van der Waals surface area contributed by atoms with E-state index in [1.165, 1.54) is 0 Å². The monoisotopic (exact) mass is 330 g/mol. The number of carbonyl (C=O) groups excluding carboxylic acids is 1. The van der Waals surface area contributed by atoms with Crippen LogP contribution < -0.4 is 0 Å². The highest BCUT2D eigenvalue weighted by Crippen LogP contribution is 2.24. The van der Waals surface area contributed by atoms with Crippen molar-refractivity contribution >= 4 is 5.91 Å². The Kier molecular flexibility index (Phi) is 6.79. The van der Waals surface area contributed by atoms with Crippen molar-refractivity contribution in [1.82, 2.24) is 9.80 Å². The molecule has 0 aromatic rings. The van der Waals surface area contributed by atoms with E-state index in [0.29, 0.717) is 18.9 Å². The molecule has 0 aromatic heterocycles. The number of aliphatic hydroxyl groups is 4. The highest BCUT2D eigenvalue weighted by atomic mass is 16.4. The van der Waals surface area contributed by atoms with Gasteiger partial charge < -0.3 is 25.3 Å². The average molecular weight is 330 g/mol. The van der Waals surface area contributed by atoms with Crippen LogP contribution in [0.25, 0.3) is 0 Å². The summed E-state index contributed by atoms with van der Waals surface area (Å²) in [6, 6.07) is -0.548. The number of aliphatic hydroxyl groups excluding tert-OH is 4. The third-order valence-electron chi connectivity index (χ3n) is 5.14. The zero-order valence-electron chi connectivity index (χ0n) is 13.8. The van der Waals surface area contributed by atoms with E-state index in [1.54, 1.807) is 0 Å². The molecule has 0 spiro atoms. The predicted molar refractivity (Wildman–Crippen MR) is 84.7 cm³/mol. The van der Waals surface area contributed by atoms with Crippen molar-refractivity contribution in [1.29, 1.82) is 0 Å². The van der Waals surface area contributed by atoms with Gasteiger partial charge in [0.25, 0.3) is 0 Å². The highest BCUT2D eigenvalue weighted by Gasteiger charge is 2.41. The van der Waals surface area contributed by atoms with Gasteiger partial charge in [-0.25, -0.2) is 0 Å². The second-order valence-electron chi connectivity index (χ2n) is 6.83. The molecule has 0 aromatic carbocycles. The molecule has 0 radical (unpaired) electrons. The maximum Gasteiger partial charge on any atom is 0.222 e. The lowest BCUT2D eigenvalue weighted by atomic mass is 9.90. The van der Waals surface area contributed by atoms with E-state index < -0.39 is 24.4 Å². The first-order valence-electron chi connectivity index (χ1n) is 8.64. The maximum absolute atomic E-state index is 11.9. The zero-order valence-corrected chi connectivity index (χ0v) is 13.8. The van der Waals surface area contributed by atoms with E-state index in [1.807, 2.05) is 16.7 Å².